The minimum atomic E-state index is -0.355. The molecule has 1 N–H and O–H groups in total. The maximum absolute atomic E-state index is 10.9. The molecular formula is C15H23N3O3. The molecule has 1 aromatic rings. The molecule has 0 saturated carbocycles. The Kier molecular flexibility index (Phi) is 5.14. The summed E-state index contributed by atoms with van der Waals surface area (Å²) in [4.78, 5) is 12.9. The van der Waals surface area contributed by atoms with Gasteiger partial charge < -0.3 is 15.0 Å². The summed E-state index contributed by atoms with van der Waals surface area (Å²) >= 11 is 0. The van der Waals surface area contributed by atoms with Gasteiger partial charge >= 0.3 is 0 Å². The van der Waals surface area contributed by atoms with Gasteiger partial charge in [0.25, 0.3) is 5.69 Å². The third-order valence-electron chi connectivity index (χ3n) is 3.78. The summed E-state index contributed by atoms with van der Waals surface area (Å²) in [7, 11) is 0. The summed E-state index contributed by atoms with van der Waals surface area (Å²) in [5.41, 5.74) is 1.16. The van der Waals surface area contributed by atoms with Gasteiger partial charge in [-0.05, 0) is 6.07 Å². The van der Waals surface area contributed by atoms with Crippen molar-refractivity contribution in [3.8, 4) is 0 Å². The van der Waals surface area contributed by atoms with Gasteiger partial charge in [0, 0.05) is 37.7 Å². The van der Waals surface area contributed by atoms with Gasteiger partial charge in [0.15, 0.2) is 0 Å². The number of likely N-dealkylation sites (tertiary alicyclic amines) is 1. The largest absolute Gasteiger partial charge is 0.380 e. The summed E-state index contributed by atoms with van der Waals surface area (Å²) in [6, 6.07) is 6.75. The number of hydrogen-bond donors (Lipinski definition) is 1. The predicted octanol–water partition coefficient (Wildman–Crippen LogP) is 2.37. The average molecular weight is 293 g/mol. The van der Waals surface area contributed by atoms with Crippen LogP contribution in [0.4, 0.5) is 11.4 Å². The van der Waals surface area contributed by atoms with Crippen molar-refractivity contribution >= 4 is 11.4 Å². The zero-order valence-corrected chi connectivity index (χ0v) is 12.7. The van der Waals surface area contributed by atoms with Crippen LogP contribution >= 0.6 is 0 Å². The van der Waals surface area contributed by atoms with Crippen LogP contribution in [0, 0.1) is 15.5 Å². The highest BCUT2D eigenvalue weighted by Crippen LogP contribution is 2.37. The molecule has 0 aliphatic carbocycles. The Bertz CT molecular complexity index is 481. The van der Waals surface area contributed by atoms with E-state index in [0.717, 1.165) is 39.4 Å². The number of nitrogens with one attached hydrogen (secondary N) is 1. The molecule has 116 valence electrons. The lowest BCUT2D eigenvalue weighted by Crippen LogP contribution is -2.66. The number of nitrogens with zero attached hydrogens (tertiary/aromatic N) is 2. The van der Waals surface area contributed by atoms with Crippen LogP contribution in [0.2, 0.25) is 0 Å². The summed E-state index contributed by atoms with van der Waals surface area (Å²) in [6.45, 7) is 9.59. The number of rotatable bonds is 5. The SMILES string of the molecule is CC.O=[N+]([O-])c1ccccc1NCCN1CC2(COC2)C1. The number of benzene rings is 1. The predicted molar refractivity (Wildman–Crippen MR) is 82.6 cm³/mol. The van der Waals surface area contributed by atoms with Gasteiger partial charge in [0.1, 0.15) is 5.69 Å². The molecule has 6 nitrogen and oxygen atoms in total. The molecule has 6 heteroatoms. The molecule has 1 spiro atoms. The van der Waals surface area contributed by atoms with Gasteiger partial charge in [0.05, 0.1) is 18.1 Å². The van der Waals surface area contributed by atoms with E-state index < -0.39 is 0 Å². The van der Waals surface area contributed by atoms with Crippen LogP contribution in [0.5, 0.6) is 0 Å². The second kappa shape index (κ2) is 6.87. The molecule has 0 radical (unpaired) electrons. The van der Waals surface area contributed by atoms with Gasteiger partial charge in [-0.1, -0.05) is 26.0 Å². The van der Waals surface area contributed by atoms with E-state index in [0.29, 0.717) is 11.1 Å². The number of ether oxygens (including phenoxy) is 1. The first-order chi connectivity index (χ1) is 10.2. The molecular weight excluding hydrogens is 270 g/mol. The molecule has 0 amide bonds. The van der Waals surface area contributed by atoms with E-state index in [1.54, 1.807) is 18.2 Å². The van der Waals surface area contributed by atoms with Crippen molar-refractivity contribution in [2.75, 3.05) is 44.7 Å². The van der Waals surface area contributed by atoms with Crippen molar-refractivity contribution in [3.63, 3.8) is 0 Å². The maximum atomic E-state index is 10.9. The fourth-order valence-corrected chi connectivity index (χ4v) is 2.76. The van der Waals surface area contributed by atoms with E-state index in [1.807, 2.05) is 13.8 Å². The number of para-hydroxylation sites is 2. The lowest BCUT2D eigenvalue weighted by molar-refractivity contribution is -0.384. The topological polar surface area (TPSA) is 67.6 Å². The van der Waals surface area contributed by atoms with Crippen molar-refractivity contribution < 1.29 is 9.66 Å². The second-order valence-corrected chi connectivity index (χ2v) is 5.40. The van der Waals surface area contributed by atoms with Crippen LogP contribution in [0.15, 0.2) is 24.3 Å². The quantitative estimate of drug-likeness (QED) is 0.667. The number of nitro benzene ring substituents is 1. The monoisotopic (exact) mass is 293 g/mol. The molecule has 0 bridgehead atoms. The summed E-state index contributed by atoms with van der Waals surface area (Å²) in [5.74, 6) is 0. The molecule has 2 saturated heterocycles. The second-order valence-electron chi connectivity index (χ2n) is 5.40. The molecule has 0 aromatic heterocycles. The molecule has 2 aliphatic rings. The lowest BCUT2D eigenvalue weighted by Gasteiger charge is -2.55. The van der Waals surface area contributed by atoms with E-state index in [-0.39, 0.29) is 10.6 Å². The van der Waals surface area contributed by atoms with Gasteiger partial charge in [-0.2, -0.15) is 0 Å². The van der Waals surface area contributed by atoms with Crippen molar-refractivity contribution in [3.05, 3.63) is 34.4 Å². The number of hydrogen-bond acceptors (Lipinski definition) is 5. The van der Waals surface area contributed by atoms with E-state index >= 15 is 0 Å². The van der Waals surface area contributed by atoms with Crippen LogP contribution < -0.4 is 5.32 Å². The zero-order valence-electron chi connectivity index (χ0n) is 12.7. The standard InChI is InChI=1S/C13H17N3O3.C2H6/c17-16(18)12-4-2-1-3-11(12)14-5-6-15-7-13(8-15)9-19-10-13;1-2/h1-4,14H,5-10H2;1-2H3. The highest BCUT2D eigenvalue weighted by Gasteiger charge is 2.48. The summed E-state index contributed by atoms with van der Waals surface area (Å²) in [6.07, 6.45) is 0. The maximum Gasteiger partial charge on any atom is 0.292 e. The lowest BCUT2D eigenvalue weighted by atomic mass is 9.78. The average Bonchev–Trinajstić information content (AvgIpc) is 2.42. The first-order valence-corrected chi connectivity index (χ1v) is 7.46. The summed E-state index contributed by atoms with van der Waals surface area (Å²) < 4.78 is 5.23. The van der Waals surface area contributed by atoms with E-state index in [9.17, 15) is 10.1 Å². The third-order valence-corrected chi connectivity index (χ3v) is 3.78. The highest BCUT2D eigenvalue weighted by atomic mass is 16.6. The molecule has 2 aliphatic heterocycles. The molecule has 3 rings (SSSR count). The van der Waals surface area contributed by atoms with Crippen molar-refractivity contribution in [2.24, 2.45) is 5.41 Å². The fourth-order valence-electron chi connectivity index (χ4n) is 2.76. The van der Waals surface area contributed by atoms with Crippen LogP contribution in [-0.4, -0.2) is 49.2 Å². The van der Waals surface area contributed by atoms with Gasteiger partial charge in [0.2, 0.25) is 0 Å². The Morgan fingerprint density at radius 2 is 2.00 bits per heavy atom. The van der Waals surface area contributed by atoms with E-state index in [2.05, 4.69) is 10.2 Å². The van der Waals surface area contributed by atoms with E-state index in [1.165, 1.54) is 6.07 Å². The Balaban J connectivity index is 0.000000774. The minimum absolute atomic E-state index is 0.134. The molecule has 21 heavy (non-hydrogen) atoms. The zero-order chi connectivity index (χ0) is 15.3. The van der Waals surface area contributed by atoms with Gasteiger partial charge in [-0.3, -0.25) is 10.1 Å². The molecule has 1 aromatic carbocycles. The highest BCUT2D eigenvalue weighted by molar-refractivity contribution is 5.61. The number of anilines is 1. The van der Waals surface area contributed by atoms with Crippen LogP contribution in [0.1, 0.15) is 13.8 Å². The Morgan fingerprint density at radius 1 is 1.33 bits per heavy atom. The molecule has 2 heterocycles. The molecule has 2 fully saturated rings. The minimum Gasteiger partial charge on any atom is -0.380 e. The van der Waals surface area contributed by atoms with Crippen LogP contribution in [-0.2, 0) is 4.74 Å². The Hall–Kier alpha value is -1.66. The molecule has 0 unspecified atom stereocenters. The first-order valence-electron chi connectivity index (χ1n) is 7.46. The van der Waals surface area contributed by atoms with Crippen LogP contribution in [0.3, 0.4) is 0 Å². The Labute approximate surface area is 125 Å². The van der Waals surface area contributed by atoms with Gasteiger partial charge in [-0.25, -0.2) is 0 Å². The smallest absolute Gasteiger partial charge is 0.292 e. The van der Waals surface area contributed by atoms with Crippen LogP contribution in [0.25, 0.3) is 0 Å². The van der Waals surface area contributed by atoms with Crippen molar-refractivity contribution in [1.29, 1.82) is 0 Å². The normalized spacial score (nSPS) is 19.0. The van der Waals surface area contributed by atoms with Crippen molar-refractivity contribution in [1.82, 2.24) is 4.90 Å². The fraction of sp³-hybridized carbons (Fsp3) is 0.600. The van der Waals surface area contributed by atoms with Crippen molar-refractivity contribution in [2.45, 2.75) is 13.8 Å². The summed E-state index contributed by atoms with van der Waals surface area (Å²) in [5, 5.41) is 14.0. The third kappa shape index (κ3) is 3.51. The van der Waals surface area contributed by atoms with E-state index in [4.69, 9.17) is 4.74 Å². The first kappa shape index (κ1) is 15.7. The van der Waals surface area contributed by atoms with Gasteiger partial charge in [-0.15, -0.1) is 0 Å². The number of nitro groups is 1. The Morgan fingerprint density at radius 3 is 2.57 bits per heavy atom. The molecule has 0 atom stereocenters.